The molecule has 0 bridgehead atoms. The van der Waals surface area contributed by atoms with Crippen molar-refractivity contribution in [3.63, 3.8) is 0 Å². The van der Waals surface area contributed by atoms with Gasteiger partial charge in [-0.3, -0.25) is 14.4 Å². The quantitative estimate of drug-likeness (QED) is 0.227. The number of hydrogen-bond acceptors (Lipinski definition) is 6. The van der Waals surface area contributed by atoms with E-state index in [2.05, 4.69) is 5.32 Å². The van der Waals surface area contributed by atoms with Crippen LogP contribution >= 0.6 is 0 Å². The molecule has 0 radical (unpaired) electrons. The molecule has 2 saturated heterocycles. The van der Waals surface area contributed by atoms with Gasteiger partial charge in [-0.1, -0.05) is 37.3 Å². The monoisotopic (exact) mass is 659 g/mol. The zero-order chi connectivity index (χ0) is 33.5. The number of carbonyl (C=O) groups excluding carboxylic acids is 3. The molecular formula is C36H42FN3O6Si. The van der Waals surface area contributed by atoms with Gasteiger partial charge in [-0.15, -0.1) is 0 Å². The van der Waals surface area contributed by atoms with E-state index in [-0.39, 0.29) is 43.3 Å². The number of methoxy groups -OCH3 is 1. The molecule has 248 valence electrons. The molecule has 0 aliphatic carbocycles. The summed E-state index contributed by atoms with van der Waals surface area (Å²) in [5.41, 5.74) is 1.32. The normalized spacial score (nSPS) is 25.4. The number of likely N-dealkylation sites (tertiary alicyclic amines) is 1. The first-order valence-corrected chi connectivity index (χ1v) is 19.2. The van der Waals surface area contributed by atoms with Gasteiger partial charge in [0.15, 0.2) is 5.60 Å². The minimum Gasteiger partial charge on any atom is -0.497 e. The fourth-order valence-corrected chi connectivity index (χ4v) is 10.3. The van der Waals surface area contributed by atoms with E-state index in [9.17, 15) is 19.5 Å². The summed E-state index contributed by atoms with van der Waals surface area (Å²) in [7, 11) is -1.86. The third kappa shape index (κ3) is 5.96. The standard InChI is InChI=1S/C36H42FN3O6Si/c1-23-33(47(3,4)37)31(20-32(42)39-19-7-8-27(39)22-41)46-36(23)29-9-5-6-10-30(29)40(35(36)44)21-24-11-15-26(16-12-24)38-34(43)25-13-17-28(45-2)18-14-25/h5-6,9-18,23,27,31,33,41H,7-8,19-22H2,1-4H3,(H,38,43)/t23-,27+,31+,33-,36+/m1/s1. The summed E-state index contributed by atoms with van der Waals surface area (Å²) in [5.74, 6) is -0.536. The van der Waals surface area contributed by atoms with Gasteiger partial charge in [0.05, 0.1) is 44.5 Å². The average Bonchev–Trinajstić information content (AvgIpc) is 3.72. The Balaban J connectivity index is 1.23. The third-order valence-corrected chi connectivity index (χ3v) is 12.5. The molecule has 0 aromatic heterocycles. The first kappa shape index (κ1) is 32.9. The van der Waals surface area contributed by atoms with Crippen LogP contribution in [0.15, 0.2) is 72.8 Å². The molecule has 3 amide bonds. The Labute approximate surface area is 275 Å². The van der Waals surface area contributed by atoms with Gasteiger partial charge in [0.25, 0.3) is 11.8 Å². The van der Waals surface area contributed by atoms with Gasteiger partial charge in [-0.05, 0) is 74.0 Å². The maximum Gasteiger partial charge on any atom is 0.264 e. The molecule has 1 spiro atoms. The number of fused-ring (bicyclic) bond motifs is 2. The Morgan fingerprint density at radius 2 is 1.79 bits per heavy atom. The Morgan fingerprint density at radius 3 is 2.45 bits per heavy atom. The van der Waals surface area contributed by atoms with Crippen LogP contribution in [0.4, 0.5) is 15.5 Å². The summed E-state index contributed by atoms with van der Waals surface area (Å²) < 4.78 is 28.0. The molecule has 47 heavy (non-hydrogen) atoms. The number of nitrogens with one attached hydrogen (secondary N) is 1. The molecule has 3 aromatic rings. The van der Waals surface area contributed by atoms with Crippen molar-refractivity contribution in [1.29, 1.82) is 0 Å². The van der Waals surface area contributed by atoms with Gasteiger partial charge in [-0.2, -0.15) is 0 Å². The predicted octanol–water partition coefficient (Wildman–Crippen LogP) is 5.64. The van der Waals surface area contributed by atoms with Crippen molar-refractivity contribution >= 4 is 37.5 Å². The first-order valence-electron chi connectivity index (χ1n) is 16.2. The second-order valence-electron chi connectivity index (χ2n) is 13.3. The van der Waals surface area contributed by atoms with Gasteiger partial charge >= 0.3 is 0 Å². The number of para-hydroxylation sites is 1. The van der Waals surface area contributed by atoms with Gasteiger partial charge in [-0.25, -0.2) is 0 Å². The molecule has 3 heterocycles. The van der Waals surface area contributed by atoms with E-state index in [1.807, 2.05) is 43.3 Å². The van der Waals surface area contributed by atoms with Crippen LogP contribution in [0.2, 0.25) is 18.6 Å². The summed E-state index contributed by atoms with van der Waals surface area (Å²) in [6.45, 7) is 5.82. The molecule has 2 N–H and O–H groups in total. The number of nitrogens with zero attached hydrogens (tertiary/aromatic N) is 2. The fraction of sp³-hybridized carbons (Fsp3) is 0.417. The van der Waals surface area contributed by atoms with Gasteiger partial charge in [0.2, 0.25) is 14.3 Å². The second kappa shape index (κ2) is 12.9. The maximum absolute atomic E-state index is 16.2. The highest BCUT2D eigenvalue weighted by Gasteiger charge is 2.67. The molecule has 5 atom stereocenters. The molecule has 9 nitrogen and oxygen atoms in total. The van der Waals surface area contributed by atoms with Crippen LogP contribution in [0.5, 0.6) is 5.75 Å². The van der Waals surface area contributed by atoms with Crippen molar-refractivity contribution in [3.8, 4) is 5.75 Å². The van der Waals surface area contributed by atoms with E-state index in [4.69, 9.17) is 9.47 Å². The fourth-order valence-electron chi connectivity index (χ4n) is 7.82. The van der Waals surface area contributed by atoms with Crippen LogP contribution in [0.3, 0.4) is 0 Å². The summed E-state index contributed by atoms with van der Waals surface area (Å²) >= 11 is 0. The zero-order valence-electron chi connectivity index (χ0n) is 27.2. The lowest BCUT2D eigenvalue weighted by Gasteiger charge is -2.31. The molecule has 3 aromatic carbocycles. The molecule has 0 unspecified atom stereocenters. The van der Waals surface area contributed by atoms with E-state index in [0.717, 1.165) is 18.4 Å². The van der Waals surface area contributed by atoms with Crippen LogP contribution in [0.25, 0.3) is 0 Å². The number of hydrogen-bond donors (Lipinski definition) is 2. The van der Waals surface area contributed by atoms with Crippen LogP contribution in [0, 0.1) is 5.92 Å². The van der Waals surface area contributed by atoms with Crippen molar-refractivity contribution in [2.24, 2.45) is 5.92 Å². The van der Waals surface area contributed by atoms with Crippen LogP contribution in [-0.2, 0) is 26.5 Å². The lowest BCUT2D eigenvalue weighted by Crippen LogP contribution is -2.45. The Hall–Kier alpha value is -4.06. The zero-order valence-corrected chi connectivity index (χ0v) is 28.2. The van der Waals surface area contributed by atoms with E-state index >= 15 is 4.11 Å². The molecule has 2 fully saturated rings. The van der Waals surface area contributed by atoms with Crippen molar-refractivity contribution in [2.45, 2.75) is 69.1 Å². The number of ether oxygens (including phenoxy) is 2. The Morgan fingerprint density at radius 1 is 1.09 bits per heavy atom. The Bertz CT molecular complexity index is 1650. The Kier molecular flexibility index (Phi) is 8.99. The predicted molar refractivity (Wildman–Crippen MR) is 180 cm³/mol. The van der Waals surface area contributed by atoms with Crippen LogP contribution in [0.1, 0.15) is 47.7 Å². The van der Waals surface area contributed by atoms with Crippen molar-refractivity contribution in [2.75, 3.05) is 30.5 Å². The molecular weight excluding hydrogens is 617 g/mol. The summed E-state index contributed by atoms with van der Waals surface area (Å²) in [4.78, 5) is 44.2. The van der Waals surface area contributed by atoms with E-state index in [1.165, 1.54) is 0 Å². The highest BCUT2D eigenvalue weighted by molar-refractivity contribution is 6.72. The number of anilines is 2. The highest BCUT2D eigenvalue weighted by Crippen LogP contribution is 2.60. The smallest absolute Gasteiger partial charge is 0.264 e. The van der Waals surface area contributed by atoms with Crippen molar-refractivity contribution < 1.29 is 33.1 Å². The molecule has 3 aliphatic heterocycles. The summed E-state index contributed by atoms with van der Waals surface area (Å²) in [5, 5.41) is 12.7. The van der Waals surface area contributed by atoms with Gasteiger partial charge in [0, 0.05) is 34.8 Å². The summed E-state index contributed by atoms with van der Waals surface area (Å²) in [6.07, 6.45) is 0.742. The molecule has 3 aliphatic rings. The van der Waals surface area contributed by atoms with Crippen LogP contribution < -0.4 is 15.0 Å². The van der Waals surface area contributed by atoms with E-state index in [0.29, 0.717) is 34.8 Å². The van der Waals surface area contributed by atoms with E-state index in [1.54, 1.807) is 66.4 Å². The van der Waals surface area contributed by atoms with Crippen LogP contribution in [-0.4, -0.2) is 68.5 Å². The van der Waals surface area contributed by atoms with Gasteiger partial charge < -0.3 is 33.8 Å². The number of aliphatic hydroxyl groups excluding tert-OH is 1. The van der Waals surface area contributed by atoms with Crippen molar-refractivity contribution in [3.05, 3.63) is 89.5 Å². The molecule has 6 rings (SSSR count). The van der Waals surface area contributed by atoms with Gasteiger partial charge in [0.1, 0.15) is 5.75 Å². The summed E-state index contributed by atoms with van der Waals surface area (Å²) in [6, 6.07) is 21.4. The SMILES string of the molecule is COc1ccc(C(=O)Nc2ccc(CN3C(=O)[C@@]4(O[C@@H](CC(=O)N5CCC[C@H]5CO)[C@H]([Si](C)(C)F)[C@H]4C)c4ccccc43)cc2)cc1. The number of amides is 3. The highest BCUT2D eigenvalue weighted by atomic mass is 28.4. The largest absolute Gasteiger partial charge is 0.497 e. The topological polar surface area (TPSA) is 108 Å². The maximum atomic E-state index is 16.2. The minimum absolute atomic E-state index is 0.0350. The number of aliphatic hydroxyl groups is 1. The average molecular weight is 660 g/mol. The third-order valence-electron chi connectivity index (χ3n) is 10.1. The molecule has 0 saturated carbocycles. The number of rotatable bonds is 9. The number of halogens is 1. The van der Waals surface area contributed by atoms with E-state index < -0.39 is 31.6 Å². The minimum atomic E-state index is -3.43. The number of carbonyl (C=O) groups is 3. The number of benzene rings is 3. The lowest BCUT2D eigenvalue weighted by atomic mass is 9.82. The molecule has 11 heteroatoms. The second-order valence-corrected chi connectivity index (χ2v) is 17.1. The van der Waals surface area contributed by atoms with Crippen molar-refractivity contribution in [1.82, 2.24) is 4.90 Å². The lowest BCUT2D eigenvalue weighted by molar-refractivity contribution is -0.150. The first-order chi connectivity index (χ1) is 22.5.